The van der Waals surface area contributed by atoms with E-state index in [1.54, 1.807) is 0 Å². The highest BCUT2D eigenvalue weighted by molar-refractivity contribution is 5.09. The van der Waals surface area contributed by atoms with Crippen LogP contribution < -0.4 is 0 Å². The van der Waals surface area contributed by atoms with E-state index in [4.69, 9.17) is 0 Å². The predicted octanol–water partition coefficient (Wildman–Crippen LogP) is 3.36. The molecule has 0 heterocycles. The molecule has 0 aromatic carbocycles. The maximum atomic E-state index is 10.2. The number of hydrogen-bond acceptors (Lipinski definition) is 1. The molecule has 86 valence electrons. The van der Waals surface area contributed by atoms with Gasteiger partial charge in [-0.1, -0.05) is 32.6 Å². The van der Waals surface area contributed by atoms with Crippen LogP contribution in [-0.2, 0) is 0 Å². The smallest absolute Gasteiger partial charge is 0.0576 e. The van der Waals surface area contributed by atoms with Gasteiger partial charge in [0.15, 0.2) is 0 Å². The van der Waals surface area contributed by atoms with Crippen molar-refractivity contribution in [2.45, 2.75) is 64.4 Å². The predicted molar refractivity (Wildman–Crippen MR) is 61.5 cm³/mol. The van der Waals surface area contributed by atoms with Crippen LogP contribution in [-0.4, -0.2) is 11.2 Å². The largest absolute Gasteiger partial charge is 0.393 e. The molecule has 3 saturated carbocycles. The van der Waals surface area contributed by atoms with Crippen LogP contribution in [0.4, 0.5) is 0 Å². The third-order valence-corrected chi connectivity index (χ3v) is 5.77. The lowest BCUT2D eigenvalue weighted by Gasteiger charge is -2.64. The number of hydrogen-bond donors (Lipinski definition) is 1. The zero-order valence-corrected chi connectivity index (χ0v) is 9.91. The molecule has 3 aliphatic rings. The summed E-state index contributed by atoms with van der Waals surface area (Å²) in [4.78, 5) is 0. The molecule has 0 spiro atoms. The summed E-state index contributed by atoms with van der Waals surface area (Å²) in [6.07, 6.45) is 10.9. The van der Waals surface area contributed by atoms with Crippen molar-refractivity contribution in [3.05, 3.63) is 0 Å². The van der Waals surface area contributed by atoms with Gasteiger partial charge in [-0.3, -0.25) is 0 Å². The molecule has 0 bridgehead atoms. The molecule has 0 aromatic rings. The molecule has 5 unspecified atom stereocenters. The Morgan fingerprint density at radius 3 is 2.67 bits per heavy atom. The lowest BCUT2D eigenvalue weighted by molar-refractivity contribution is -0.192. The van der Waals surface area contributed by atoms with E-state index in [1.165, 1.54) is 44.9 Å². The van der Waals surface area contributed by atoms with Crippen LogP contribution in [0.3, 0.4) is 0 Å². The quantitative estimate of drug-likeness (QED) is 0.647. The molecule has 0 saturated heterocycles. The van der Waals surface area contributed by atoms with E-state index in [2.05, 4.69) is 6.92 Å². The highest BCUT2D eigenvalue weighted by atomic mass is 16.3. The van der Waals surface area contributed by atoms with Gasteiger partial charge in [-0.05, 0) is 48.9 Å². The van der Waals surface area contributed by atoms with Crippen molar-refractivity contribution < 1.29 is 5.11 Å². The van der Waals surface area contributed by atoms with Crippen LogP contribution in [0.5, 0.6) is 0 Å². The molecular formula is C14H24O. The average Bonchev–Trinajstić information content (AvgIpc) is 2.40. The van der Waals surface area contributed by atoms with Crippen LogP contribution in [0.1, 0.15) is 58.3 Å². The molecule has 5 atom stereocenters. The van der Waals surface area contributed by atoms with Crippen molar-refractivity contribution in [3.63, 3.8) is 0 Å². The minimum atomic E-state index is 0.0306. The molecule has 1 N–H and O–H groups in total. The first kappa shape index (κ1) is 10.1. The number of fused-ring (bicyclic) bond motifs is 4. The maximum absolute atomic E-state index is 10.2. The Labute approximate surface area is 93.3 Å². The van der Waals surface area contributed by atoms with Crippen molar-refractivity contribution in [1.82, 2.24) is 0 Å². The fourth-order valence-electron chi connectivity index (χ4n) is 5.15. The maximum Gasteiger partial charge on any atom is 0.0576 e. The molecule has 3 fully saturated rings. The molecule has 3 rings (SSSR count). The summed E-state index contributed by atoms with van der Waals surface area (Å²) in [5.41, 5.74) is 0.521. The minimum Gasteiger partial charge on any atom is -0.393 e. The fourth-order valence-corrected chi connectivity index (χ4v) is 5.15. The molecule has 1 heteroatoms. The van der Waals surface area contributed by atoms with Gasteiger partial charge in [0.2, 0.25) is 0 Å². The first-order valence-corrected chi connectivity index (χ1v) is 6.91. The SMILES string of the molecule is CC12CCCC(O)C1C1CCCCCC12. The van der Waals surface area contributed by atoms with Crippen LogP contribution in [0.2, 0.25) is 0 Å². The van der Waals surface area contributed by atoms with E-state index in [-0.39, 0.29) is 6.10 Å². The summed E-state index contributed by atoms with van der Waals surface area (Å²) in [5, 5.41) is 10.2. The Hall–Kier alpha value is -0.0400. The Balaban J connectivity index is 1.84. The van der Waals surface area contributed by atoms with Crippen LogP contribution >= 0.6 is 0 Å². The van der Waals surface area contributed by atoms with Crippen molar-refractivity contribution in [3.8, 4) is 0 Å². The molecule has 3 aliphatic carbocycles. The number of aliphatic hydroxyl groups is 1. The molecule has 0 radical (unpaired) electrons. The van der Waals surface area contributed by atoms with E-state index in [0.717, 1.165) is 18.3 Å². The van der Waals surface area contributed by atoms with Crippen LogP contribution in [0, 0.1) is 23.2 Å². The summed E-state index contributed by atoms with van der Waals surface area (Å²) in [6.45, 7) is 2.46. The minimum absolute atomic E-state index is 0.0306. The van der Waals surface area contributed by atoms with Gasteiger partial charge in [-0.25, -0.2) is 0 Å². The summed E-state index contributed by atoms with van der Waals surface area (Å²) < 4.78 is 0. The second-order valence-corrected chi connectivity index (χ2v) is 6.40. The van der Waals surface area contributed by atoms with Gasteiger partial charge in [0.1, 0.15) is 0 Å². The third kappa shape index (κ3) is 1.32. The normalized spacial score (nSPS) is 54.8. The van der Waals surface area contributed by atoms with Crippen molar-refractivity contribution in [2.24, 2.45) is 23.2 Å². The van der Waals surface area contributed by atoms with E-state index in [9.17, 15) is 5.11 Å². The van der Waals surface area contributed by atoms with Gasteiger partial charge in [-0.15, -0.1) is 0 Å². The molecule has 0 amide bonds. The van der Waals surface area contributed by atoms with Gasteiger partial charge in [-0.2, -0.15) is 0 Å². The third-order valence-electron chi connectivity index (χ3n) is 5.77. The second kappa shape index (κ2) is 3.48. The van der Waals surface area contributed by atoms with E-state index < -0.39 is 0 Å². The van der Waals surface area contributed by atoms with Gasteiger partial charge < -0.3 is 5.11 Å². The van der Waals surface area contributed by atoms with E-state index in [0.29, 0.717) is 11.3 Å². The van der Waals surface area contributed by atoms with E-state index >= 15 is 0 Å². The zero-order valence-electron chi connectivity index (χ0n) is 9.91. The highest BCUT2D eigenvalue weighted by Gasteiger charge is 2.61. The summed E-state index contributed by atoms with van der Waals surface area (Å²) >= 11 is 0. The average molecular weight is 208 g/mol. The van der Waals surface area contributed by atoms with Gasteiger partial charge in [0.25, 0.3) is 0 Å². The van der Waals surface area contributed by atoms with Crippen molar-refractivity contribution in [1.29, 1.82) is 0 Å². The van der Waals surface area contributed by atoms with Crippen molar-refractivity contribution >= 4 is 0 Å². The second-order valence-electron chi connectivity index (χ2n) is 6.40. The molecule has 0 aromatic heterocycles. The topological polar surface area (TPSA) is 20.2 Å². The Bertz CT molecular complexity index is 250. The fraction of sp³-hybridized carbons (Fsp3) is 1.00. The first-order valence-electron chi connectivity index (χ1n) is 6.91. The Morgan fingerprint density at radius 1 is 1.00 bits per heavy atom. The Kier molecular flexibility index (Phi) is 2.35. The zero-order chi connectivity index (χ0) is 10.5. The lowest BCUT2D eigenvalue weighted by atomic mass is 9.41. The van der Waals surface area contributed by atoms with Gasteiger partial charge in [0, 0.05) is 0 Å². The standard InChI is InChI=1S/C14H24O/c1-14-9-5-8-12(15)13(14)10-6-3-2-4-7-11(10)14/h10-13,15H,2-9H2,1H3. The summed E-state index contributed by atoms with van der Waals surface area (Å²) in [6, 6.07) is 0. The van der Waals surface area contributed by atoms with Gasteiger partial charge in [0.05, 0.1) is 6.10 Å². The van der Waals surface area contributed by atoms with Crippen molar-refractivity contribution in [2.75, 3.05) is 0 Å². The molecule has 15 heavy (non-hydrogen) atoms. The highest BCUT2D eigenvalue weighted by Crippen LogP contribution is 2.65. The monoisotopic (exact) mass is 208 g/mol. The van der Waals surface area contributed by atoms with Crippen LogP contribution in [0.25, 0.3) is 0 Å². The van der Waals surface area contributed by atoms with Crippen LogP contribution in [0.15, 0.2) is 0 Å². The molecule has 0 aliphatic heterocycles. The summed E-state index contributed by atoms with van der Waals surface area (Å²) in [7, 11) is 0. The molecular weight excluding hydrogens is 184 g/mol. The lowest BCUT2D eigenvalue weighted by Crippen LogP contribution is -2.61. The van der Waals surface area contributed by atoms with E-state index in [1.807, 2.05) is 0 Å². The molecule has 1 nitrogen and oxygen atoms in total. The summed E-state index contributed by atoms with van der Waals surface area (Å²) in [5.74, 6) is 2.50. The Morgan fingerprint density at radius 2 is 1.80 bits per heavy atom. The number of rotatable bonds is 0. The van der Waals surface area contributed by atoms with Gasteiger partial charge >= 0.3 is 0 Å². The number of aliphatic hydroxyl groups excluding tert-OH is 1. The first-order chi connectivity index (χ1) is 7.23.